The molecule has 1 aromatic rings. The third kappa shape index (κ3) is 4.04. The van der Waals surface area contributed by atoms with E-state index >= 15 is 0 Å². The minimum atomic E-state index is -0.327. The SMILES string of the molecule is CC.Cc1ccnc(C(C)(C)N)c1. The van der Waals surface area contributed by atoms with Crippen LogP contribution in [0.1, 0.15) is 39.0 Å². The zero-order valence-corrected chi connectivity index (χ0v) is 9.26. The maximum atomic E-state index is 5.86. The molecule has 0 saturated heterocycles. The van der Waals surface area contributed by atoms with E-state index in [0.29, 0.717) is 0 Å². The summed E-state index contributed by atoms with van der Waals surface area (Å²) in [7, 11) is 0. The maximum Gasteiger partial charge on any atom is 0.0599 e. The Morgan fingerprint density at radius 2 is 1.85 bits per heavy atom. The summed E-state index contributed by atoms with van der Waals surface area (Å²) < 4.78 is 0. The molecule has 0 amide bonds. The topological polar surface area (TPSA) is 38.9 Å². The highest BCUT2D eigenvalue weighted by Gasteiger charge is 2.14. The normalized spacial score (nSPS) is 10.3. The summed E-state index contributed by atoms with van der Waals surface area (Å²) in [6, 6.07) is 3.98. The molecule has 0 fully saturated rings. The molecule has 0 saturated carbocycles. The van der Waals surface area contributed by atoms with Gasteiger partial charge in [-0.25, -0.2) is 0 Å². The third-order valence-corrected chi connectivity index (χ3v) is 1.58. The number of hydrogen-bond donors (Lipinski definition) is 1. The standard InChI is InChI=1S/C9H14N2.C2H6/c1-7-4-5-11-8(6-7)9(2,3)10;1-2/h4-6H,10H2,1-3H3;1-2H3. The second-order valence-electron chi connectivity index (χ2n) is 3.44. The van der Waals surface area contributed by atoms with Gasteiger partial charge >= 0.3 is 0 Å². The average molecular weight is 180 g/mol. The van der Waals surface area contributed by atoms with E-state index in [4.69, 9.17) is 5.73 Å². The molecule has 0 spiro atoms. The molecule has 13 heavy (non-hydrogen) atoms. The molecule has 2 nitrogen and oxygen atoms in total. The molecule has 1 heterocycles. The van der Waals surface area contributed by atoms with Gasteiger partial charge in [0.1, 0.15) is 0 Å². The lowest BCUT2D eigenvalue weighted by molar-refractivity contribution is 0.534. The smallest absolute Gasteiger partial charge is 0.0599 e. The zero-order valence-electron chi connectivity index (χ0n) is 9.26. The maximum absolute atomic E-state index is 5.86. The van der Waals surface area contributed by atoms with Crippen molar-refractivity contribution in [2.24, 2.45) is 5.73 Å². The van der Waals surface area contributed by atoms with Crippen molar-refractivity contribution in [3.8, 4) is 0 Å². The van der Waals surface area contributed by atoms with Crippen LogP contribution in [-0.4, -0.2) is 4.98 Å². The first-order chi connectivity index (χ1) is 6.00. The molecule has 0 aromatic carbocycles. The number of hydrogen-bond acceptors (Lipinski definition) is 2. The molecular weight excluding hydrogens is 160 g/mol. The van der Waals surface area contributed by atoms with E-state index in [1.807, 2.05) is 46.8 Å². The first-order valence-corrected chi connectivity index (χ1v) is 4.72. The third-order valence-electron chi connectivity index (χ3n) is 1.58. The molecule has 0 aliphatic rings. The molecule has 0 aliphatic heterocycles. The van der Waals surface area contributed by atoms with Crippen LogP contribution in [0.3, 0.4) is 0 Å². The fraction of sp³-hybridized carbons (Fsp3) is 0.545. The summed E-state index contributed by atoms with van der Waals surface area (Å²) in [5.41, 5.74) is 7.68. The van der Waals surface area contributed by atoms with E-state index in [1.165, 1.54) is 5.56 Å². The van der Waals surface area contributed by atoms with Gasteiger partial charge < -0.3 is 5.73 Å². The van der Waals surface area contributed by atoms with E-state index in [9.17, 15) is 0 Å². The largest absolute Gasteiger partial charge is 0.321 e. The molecular formula is C11H20N2. The van der Waals surface area contributed by atoms with Gasteiger partial charge in [0.25, 0.3) is 0 Å². The Labute approximate surface area is 81.2 Å². The molecule has 0 radical (unpaired) electrons. The van der Waals surface area contributed by atoms with Crippen molar-refractivity contribution in [2.45, 2.75) is 40.2 Å². The lowest BCUT2D eigenvalue weighted by atomic mass is 10.0. The predicted molar refractivity (Wildman–Crippen MR) is 57.5 cm³/mol. The molecule has 0 bridgehead atoms. The van der Waals surface area contributed by atoms with Crippen LogP contribution in [0.15, 0.2) is 18.3 Å². The second-order valence-corrected chi connectivity index (χ2v) is 3.44. The number of nitrogens with zero attached hydrogens (tertiary/aromatic N) is 1. The predicted octanol–water partition coefficient (Wildman–Crippen LogP) is 2.61. The van der Waals surface area contributed by atoms with Crippen molar-refractivity contribution in [3.63, 3.8) is 0 Å². The van der Waals surface area contributed by atoms with Crippen LogP contribution in [0.5, 0.6) is 0 Å². The summed E-state index contributed by atoms with van der Waals surface area (Å²) in [6.07, 6.45) is 1.79. The number of aromatic nitrogens is 1. The van der Waals surface area contributed by atoms with Crippen molar-refractivity contribution in [3.05, 3.63) is 29.6 Å². The van der Waals surface area contributed by atoms with Gasteiger partial charge in [0.2, 0.25) is 0 Å². The summed E-state index contributed by atoms with van der Waals surface area (Å²) in [4.78, 5) is 4.19. The summed E-state index contributed by atoms with van der Waals surface area (Å²) in [5.74, 6) is 0. The van der Waals surface area contributed by atoms with E-state index in [1.54, 1.807) is 6.20 Å². The van der Waals surface area contributed by atoms with E-state index in [2.05, 4.69) is 4.98 Å². The Hall–Kier alpha value is -0.890. The molecule has 74 valence electrons. The van der Waals surface area contributed by atoms with Gasteiger partial charge in [-0.3, -0.25) is 4.98 Å². The highest BCUT2D eigenvalue weighted by atomic mass is 14.8. The summed E-state index contributed by atoms with van der Waals surface area (Å²) in [5, 5.41) is 0. The minimum Gasteiger partial charge on any atom is -0.321 e. The Morgan fingerprint density at radius 1 is 1.31 bits per heavy atom. The quantitative estimate of drug-likeness (QED) is 0.721. The fourth-order valence-electron chi connectivity index (χ4n) is 0.889. The average Bonchev–Trinajstić information content (AvgIpc) is 2.06. The molecule has 1 aromatic heterocycles. The van der Waals surface area contributed by atoms with Crippen molar-refractivity contribution >= 4 is 0 Å². The Kier molecular flexibility index (Phi) is 4.63. The van der Waals surface area contributed by atoms with Crippen molar-refractivity contribution < 1.29 is 0 Å². The van der Waals surface area contributed by atoms with E-state index in [0.717, 1.165) is 5.69 Å². The minimum absolute atomic E-state index is 0.327. The van der Waals surface area contributed by atoms with Gasteiger partial charge in [-0.2, -0.15) is 0 Å². The van der Waals surface area contributed by atoms with Crippen LogP contribution in [-0.2, 0) is 5.54 Å². The summed E-state index contributed by atoms with van der Waals surface area (Å²) >= 11 is 0. The Bertz CT molecular complexity index is 249. The number of aryl methyl sites for hydroxylation is 1. The Morgan fingerprint density at radius 3 is 2.15 bits per heavy atom. The molecule has 0 aliphatic carbocycles. The molecule has 2 heteroatoms. The van der Waals surface area contributed by atoms with Gasteiger partial charge in [0.05, 0.1) is 11.2 Å². The molecule has 2 N–H and O–H groups in total. The van der Waals surface area contributed by atoms with E-state index < -0.39 is 0 Å². The second kappa shape index (κ2) is 4.97. The van der Waals surface area contributed by atoms with Crippen LogP contribution in [0.4, 0.5) is 0 Å². The lowest BCUT2D eigenvalue weighted by Gasteiger charge is -2.17. The fourth-order valence-corrected chi connectivity index (χ4v) is 0.889. The lowest BCUT2D eigenvalue weighted by Crippen LogP contribution is -2.29. The highest BCUT2D eigenvalue weighted by Crippen LogP contribution is 2.14. The van der Waals surface area contributed by atoms with Crippen LogP contribution in [0.2, 0.25) is 0 Å². The highest BCUT2D eigenvalue weighted by molar-refractivity contribution is 5.19. The van der Waals surface area contributed by atoms with Crippen LogP contribution in [0, 0.1) is 6.92 Å². The first-order valence-electron chi connectivity index (χ1n) is 4.72. The molecule has 0 atom stereocenters. The number of pyridine rings is 1. The van der Waals surface area contributed by atoms with Crippen molar-refractivity contribution in [1.82, 2.24) is 4.98 Å². The van der Waals surface area contributed by atoms with Crippen LogP contribution >= 0.6 is 0 Å². The van der Waals surface area contributed by atoms with Gasteiger partial charge in [-0.15, -0.1) is 0 Å². The Balaban J connectivity index is 0.000000671. The van der Waals surface area contributed by atoms with Gasteiger partial charge in [-0.05, 0) is 38.5 Å². The van der Waals surface area contributed by atoms with Gasteiger partial charge in [-0.1, -0.05) is 13.8 Å². The van der Waals surface area contributed by atoms with Crippen LogP contribution < -0.4 is 5.73 Å². The first kappa shape index (κ1) is 12.1. The van der Waals surface area contributed by atoms with Gasteiger partial charge in [0.15, 0.2) is 0 Å². The van der Waals surface area contributed by atoms with Crippen LogP contribution in [0.25, 0.3) is 0 Å². The number of nitrogens with two attached hydrogens (primary N) is 1. The van der Waals surface area contributed by atoms with Gasteiger partial charge in [0, 0.05) is 6.20 Å². The monoisotopic (exact) mass is 180 g/mol. The molecule has 1 rings (SSSR count). The van der Waals surface area contributed by atoms with Crippen molar-refractivity contribution in [2.75, 3.05) is 0 Å². The number of rotatable bonds is 1. The van der Waals surface area contributed by atoms with E-state index in [-0.39, 0.29) is 5.54 Å². The summed E-state index contributed by atoms with van der Waals surface area (Å²) in [6.45, 7) is 9.94. The molecule has 0 unspecified atom stereocenters. The zero-order chi connectivity index (χ0) is 10.5. The van der Waals surface area contributed by atoms with Crippen molar-refractivity contribution in [1.29, 1.82) is 0 Å².